The van der Waals surface area contributed by atoms with Crippen LogP contribution in [0.15, 0.2) is 18.2 Å². The number of carboxylic acid groups (broad SMARTS) is 1. The fourth-order valence-electron chi connectivity index (χ4n) is 2.03. The van der Waals surface area contributed by atoms with Gasteiger partial charge in [-0.2, -0.15) is 0 Å². The fourth-order valence-corrected chi connectivity index (χ4v) is 2.23. The van der Waals surface area contributed by atoms with Crippen molar-refractivity contribution in [1.82, 2.24) is 0 Å². The highest BCUT2D eigenvalue weighted by molar-refractivity contribution is 6.33. The maximum absolute atomic E-state index is 11.8. The summed E-state index contributed by atoms with van der Waals surface area (Å²) in [5.74, 6) is -1.02. The molecule has 0 bridgehead atoms. The number of hydrogen-bond donors (Lipinski definition) is 2. The van der Waals surface area contributed by atoms with Crippen LogP contribution < -0.4 is 10.6 Å². The van der Waals surface area contributed by atoms with Gasteiger partial charge in [0, 0.05) is 18.7 Å². The van der Waals surface area contributed by atoms with Gasteiger partial charge in [-0.25, -0.2) is 4.79 Å². The van der Waals surface area contributed by atoms with E-state index in [1.807, 2.05) is 0 Å². The van der Waals surface area contributed by atoms with Crippen molar-refractivity contribution in [2.45, 2.75) is 6.42 Å². The number of rotatable bonds is 3. The van der Waals surface area contributed by atoms with Crippen LogP contribution in [-0.4, -0.2) is 30.1 Å². The minimum Gasteiger partial charge on any atom is -0.478 e. The number of amides is 1. The number of halogens is 1. The van der Waals surface area contributed by atoms with Crippen LogP contribution in [0.3, 0.4) is 0 Å². The predicted molar refractivity (Wildman–Crippen MR) is 67.9 cm³/mol. The molecular formula is C12H13ClN2O3. The summed E-state index contributed by atoms with van der Waals surface area (Å²) in [4.78, 5) is 24.3. The number of benzene rings is 1. The zero-order valence-electron chi connectivity index (χ0n) is 9.60. The average Bonchev–Trinajstić information content (AvgIpc) is 2.71. The lowest BCUT2D eigenvalue weighted by atomic mass is 10.1. The Kier molecular flexibility index (Phi) is 3.54. The molecule has 6 heteroatoms. The van der Waals surface area contributed by atoms with Crippen molar-refractivity contribution >= 4 is 29.2 Å². The highest BCUT2D eigenvalue weighted by Crippen LogP contribution is 2.28. The molecule has 1 heterocycles. The smallest absolute Gasteiger partial charge is 0.337 e. The number of aromatic carboxylic acids is 1. The van der Waals surface area contributed by atoms with Gasteiger partial charge in [0.15, 0.2) is 0 Å². The van der Waals surface area contributed by atoms with E-state index in [1.54, 1.807) is 11.0 Å². The number of carbonyl (C=O) groups is 2. The second-order valence-corrected chi connectivity index (χ2v) is 4.69. The van der Waals surface area contributed by atoms with Gasteiger partial charge in [-0.15, -0.1) is 0 Å². The summed E-state index contributed by atoms with van der Waals surface area (Å²) in [6.45, 7) is 0.970. The molecule has 3 N–H and O–H groups in total. The van der Waals surface area contributed by atoms with E-state index in [2.05, 4.69) is 0 Å². The van der Waals surface area contributed by atoms with Gasteiger partial charge in [-0.1, -0.05) is 11.6 Å². The number of nitrogens with two attached hydrogens (primary N) is 1. The molecule has 0 saturated carbocycles. The number of carbonyl (C=O) groups excluding carboxylic acids is 1. The van der Waals surface area contributed by atoms with Gasteiger partial charge in [0.2, 0.25) is 5.91 Å². The van der Waals surface area contributed by atoms with Crippen molar-refractivity contribution < 1.29 is 14.7 Å². The van der Waals surface area contributed by atoms with Crippen LogP contribution in [-0.2, 0) is 4.79 Å². The topological polar surface area (TPSA) is 83.6 Å². The predicted octanol–water partition coefficient (Wildman–Crippen LogP) is 1.35. The molecule has 0 radical (unpaired) electrons. The lowest BCUT2D eigenvalue weighted by Gasteiger charge is -2.17. The molecule has 1 aromatic carbocycles. The van der Waals surface area contributed by atoms with E-state index < -0.39 is 5.97 Å². The summed E-state index contributed by atoms with van der Waals surface area (Å²) in [5, 5.41) is 9.15. The molecule has 5 nitrogen and oxygen atoms in total. The quantitative estimate of drug-likeness (QED) is 0.867. The SMILES string of the molecule is NCC1CC(=O)N(c2ccc(Cl)c(C(=O)O)c2)C1. The highest BCUT2D eigenvalue weighted by Gasteiger charge is 2.30. The first kappa shape index (κ1) is 12.9. The summed E-state index contributed by atoms with van der Waals surface area (Å²) in [5.41, 5.74) is 6.10. The molecule has 0 spiro atoms. The molecule has 1 aromatic rings. The van der Waals surface area contributed by atoms with E-state index in [9.17, 15) is 9.59 Å². The van der Waals surface area contributed by atoms with Gasteiger partial charge in [0.05, 0.1) is 10.6 Å². The first-order valence-electron chi connectivity index (χ1n) is 5.56. The molecule has 1 unspecified atom stereocenters. The van der Waals surface area contributed by atoms with E-state index >= 15 is 0 Å². The summed E-state index contributed by atoms with van der Waals surface area (Å²) in [6, 6.07) is 4.55. The first-order valence-corrected chi connectivity index (χ1v) is 5.94. The Morgan fingerprint density at radius 3 is 2.83 bits per heavy atom. The Hall–Kier alpha value is -1.59. The van der Waals surface area contributed by atoms with Crippen molar-refractivity contribution in [3.05, 3.63) is 28.8 Å². The van der Waals surface area contributed by atoms with Crippen LogP contribution in [0.5, 0.6) is 0 Å². The molecule has 1 amide bonds. The molecular weight excluding hydrogens is 256 g/mol. The second kappa shape index (κ2) is 4.96. The zero-order chi connectivity index (χ0) is 13.3. The van der Waals surface area contributed by atoms with Crippen molar-refractivity contribution in [2.75, 3.05) is 18.0 Å². The molecule has 1 saturated heterocycles. The number of carboxylic acids is 1. The Morgan fingerprint density at radius 1 is 1.56 bits per heavy atom. The van der Waals surface area contributed by atoms with Crippen LogP contribution >= 0.6 is 11.6 Å². The standard InChI is InChI=1S/C12H13ClN2O3/c13-10-2-1-8(4-9(10)12(17)18)15-6-7(5-14)3-11(15)16/h1-2,4,7H,3,5-6,14H2,(H,17,18). The number of nitrogens with zero attached hydrogens (tertiary/aromatic N) is 1. The maximum atomic E-state index is 11.8. The second-order valence-electron chi connectivity index (χ2n) is 4.28. The normalized spacial score (nSPS) is 19.3. The minimum atomic E-state index is -1.11. The molecule has 1 atom stereocenters. The molecule has 1 fully saturated rings. The van der Waals surface area contributed by atoms with E-state index in [0.717, 1.165) is 0 Å². The lowest BCUT2D eigenvalue weighted by Crippen LogP contribution is -2.25. The van der Waals surface area contributed by atoms with Gasteiger partial charge in [-0.05, 0) is 30.7 Å². The summed E-state index contributed by atoms with van der Waals surface area (Å²) >= 11 is 5.79. The third-order valence-corrected chi connectivity index (χ3v) is 3.36. The van der Waals surface area contributed by atoms with Gasteiger partial charge >= 0.3 is 5.97 Å². The van der Waals surface area contributed by atoms with E-state index in [-0.39, 0.29) is 22.4 Å². The van der Waals surface area contributed by atoms with Crippen LogP contribution in [0, 0.1) is 5.92 Å². The van der Waals surface area contributed by atoms with E-state index in [4.69, 9.17) is 22.4 Å². The van der Waals surface area contributed by atoms with Crippen molar-refractivity contribution in [1.29, 1.82) is 0 Å². The molecule has 96 valence electrons. The summed E-state index contributed by atoms with van der Waals surface area (Å²) < 4.78 is 0. The van der Waals surface area contributed by atoms with Gasteiger partial charge in [0.1, 0.15) is 0 Å². The van der Waals surface area contributed by atoms with Crippen LogP contribution in [0.2, 0.25) is 5.02 Å². The van der Waals surface area contributed by atoms with Crippen LogP contribution in [0.4, 0.5) is 5.69 Å². The van der Waals surface area contributed by atoms with Crippen LogP contribution in [0.25, 0.3) is 0 Å². The Balaban J connectivity index is 2.32. The first-order chi connectivity index (χ1) is 8.52. The Labute approximate surface area is 109 Å². The Morgan fingerprint density at radius 2 is 2.28 bits per heavy atom. The molecule has 18 heavy (non-hydrogen) atoms. The fraction of sp³-hybridized carbons (Fsp3) is 0.333. The van der Waals surface area contributed by atoms with E-state index in [0.29, 0.717) is 25.2 Å². The molecule has 0 aliphatic carbocycles. The molecule has 0 aromatic heterocycles. The molecule has 1 aliphatic heterocycles. The maximum Gasteiger partial charge on any atom is 0.337 e. The van der Waals surface area contributed by atoms with Gasteiger partial charge in [0.25, 0.3) is 0 Å². The van der Waals surface area contributed by atoms with Crippen LogP contribution in [0.1, 0.15) is 16.8 Å². The third kappa shape index (κ3) is 2.32. The van der Waals surface area contributed by atoms with Crippen molar-refractivity contribution in [3.8, 4) is 0 Å². The summed E-state index contributed by atoms with van der Waals surface area (Å²) in [6.07, 6.45) is 0.404. The molecule has 2 rings (SSSR count). The summed E-state index contributed by atoms with van der Waals surface area (Å²) in [7, 11) is 0. The third-order valence-electron chi connectivity index (χ3n) is 3.03. The number of hydrogen-bond acceptors (Lipinski definition) is 3. The van der Waals surface area contributed by atoms with E-state index in [1.165, 1.54) is 12.1 Å². The molecule has 1 aliphatic rings. The average molecular weight is 269 g/mol. The van der Waals surface area contributed by atoms with Crippen molar-refractivity contribution in [2.24, 2.45) is 11.7 Å². The largest absolute Gasteiger partial charge is 0.478 e. The number of anilines is 1. The van der Waals surface area contributed by atoms with Crippen molar-refractivity contribution in [3.63, 3.8) is 0 Å². The minimum absolute atomic E-state index is 0.00170. The zero-order valence-corrected chi connectivity index (χ0v) is 10.4. The van der Waals surface area contributed by atoms with Gasteiger partial charge < -0.3 is 15.7 Å². The Bertz CT molecular complexity index is 504. The monoisotopic (exact) mass is 268 g/mol. The van der Waals surface area contributed by atoms with Gasteiger partial charge in [-0.3, -0.25) is 4.79 Å². The lowest BCUT2D eigenvalue weighted by molar-refractivity contribution is -0.117. The highest BCUT2D eigenvalue weighted by atomic mass is 35.5.